The molecule has 0 spiro atoms. The number of nitrogens with one attached hydrogen (secondary N) is 1. The number of hydrogen-bond acceptors (Lipinski definition) is 4. The van der Waals surface area contributed by atoms with Crippen LogP contribution in [-0.2, 0) is 22.6 Å². The molecule has 1 atom stereocenters. The molecule has 31 heavy (non-hydrogen) atoms. The lowest BCUT2D eigenvalue weighted by Crippen LogP contribution is -2.45. The van der Waals surface area contributed by atoms with E-state index in [9.17, 15) is 9.59 Å². The van der Waals surface area contributed by atoms with E-state index in [1.54, 1.807) is 4.68 Å². The van der Waals surface area contributed by atoms with Gasteiger partial charge in [0.2, 0.25) is 17.7 Å². The van der Waals surface area contributed by atoms with E-state index in [-0.39, 0.29) is 12.3 Å². The summed E-state index contributed by atoms with van der Waals surface area (Å²) >= 11 is 0. The first-order chi connectivity index (χ1) is 15.1. The van der Waals surface area contributed by atoms with Crippen LogP contribution in [0.4, 0.5) is 0 Å². The number of rotatable bonds is 11. The highest BCUT2D eigenvalue weighted by molar-refractivity contribution is 5.86. The predicted octanol–water partition coefficient (Wildman–Crippen LogP) is 2.94. The second-order valence-electron chi connectivity index (χ2n) is 7.21. The monoisotopic (exact) mass is 420 g/mol. The number of amides is 2. The number of aryl methyl sites for hydroxylation is 1. The van der Waals surface area contributed by atoms with Gasteiger partial charge in [-0.15, -0.1) is 0 Å². The Morgan fingerprint density at radius 3 is 2.42 bits per heavy atom. The van der Waals surface area contributed by atoms with Gasteiger partial charge in [-0.1, -0.05) is 60.7 Å². The van der Waals surface area contributed by atoms with Crippen molar-refractivity contribution >= 4 is 11.8 Å². The molecule has 2 aromatic carbocycles. The SMILES string of the molecule is CCn1nc(-c2ccccc2)cc1OCCCC(=O)N[C@@H](Cc1ccccc1)C(N)=O. The Kier molecular flexibility index (Phi) is 7.81. The number of carbonyl (C=O) groups excluding carboxylic acids is 2. The molecule has 0 aliphatic rings. The van der Waals surface area contributed by atoms with Gasteiger partial charge < -0.3 is 15.8 Å². The summed E-state index contributed by atoms with van der Waals surface area (Å²) in [5.41, 5.74) is 8.27. The van der Waals surface area contributed by atoms with E-state index in [1.807, 2.05) is 73.7 Å². The van der Waals surface area contributed by atoms with Gasteiger partial charge in [-0.2, -0.15) is 5.10 Å². The molecule has 3 rings (SSSR count). The number of ether oxygens (including phenoxy) is 1. The van der Waals surface area contributed by atoms with Gasteiger partial charge in [0, 0.05) is 31.0 Å². The number of aromatic nitrogens is 2. The van der Waals surface area contributed by atoms with Gasteiger partial charge >= 0.3 is 0 Å². The second kappa shape index (κ2) is 11.0. The first-order valence-electron chi connectivity index (χ1n) is 10.5. The fourth-order valence-corrected chi connectivity index (χ4v) is 3.24. The summed E-state index contributed by atoms with van der Waals surface area (Å²) in [5.74, 6) is -0.105. The minimum atomic E-state index is -0.731. The van der Waals surface area contributed by atoms with Crippen molar-refractivity contribution in [3.8, 4) is 17.1 Å². The van der Waals surface area contributed by atoms with Crippen molar-refractivity contribution in [3.63, 3.8) is 0 Å². The summed E-state index contributed by atoms with van der Waals surface area (Å²) in [6.45, 7) is 3.05. The first kappa shape index (κ1) is 22.1. The average Bonchev–Trinajstić information content (AvgIpc) is 3.21. The largest absolute Gasteiger partial charge is 0.478 e. The first-order valence-corrected chi connectivity index (χ1v) is 10.5. The standard InChI is InChI=1S/C24H28N4O3/c1-2-28-23(17-20(27-28)19-12-7-4-8-13-19)31-15-9-14-22(29)26-21(24(25)30)16-18-10-5-3-6-11-18/h3-8,10-13,17,21H,2,9,14-16H2,1H3,(H2,25,30)(H,26,29)/t21-/m0/s1. The van der Waals surface area contributed by atoms with E-state index >= 15 is 0 Å². The molecule has 0 aliphatic heterocycles. The van der Waals surface area contributed by atoms with Crippen molar-refractivity contribution in [2.45, 2.75) is 38.8 Å². The molecule has 7 heteroatoms. The molecule has 3 aromatic rings. The summed E-state index contributed by atoms with van der Waals surface area (Å²) < 4.78 is 7.65. The summed E-state index contributed by atoms with van der Waals surface area (Å²) in [7, 11) is 0. The molecule has 0 unspecified atom stereocenters. The number of nitrogens with zero attached hydrogens (tertiary/aromatic N) is 2. The molecule has 0 radical (unpaired) electrons. The summed E-state index contributed by atoms with van der Waals surface area (Å²) in [4.78, 5) is 24.0. The van der Waals surface area contributed by atoms with Crippen LogP contribution in [0.1, 0.15) is 25.3 Å². The van der Waals surface area contributed by atoms with Crippen LogP contribution in [0.15, 0.2) is 66.7 Å². The van der Waals surface area contributed by atoms with Crippen LogP contribution in [0, 0.1) is 0 Å². The maximum atomic E-state index is 12.3. The van der Waals surface area contributed by atoms with Gasteiger partial charge in [0.05, 0.1) is 12.3 Å². The van der Waals surface area contributed by atoms with Crippen LogP contribution in [0.2, 0.25) is 0 Å². The topological polar surface area (TPSA) is 99.2 Å². The third kappa shape index (κ3) is 6.44. The van der Waals surface area contributed by atoms with Crippen LogP contribution in [0.25, 0.3) is 11.3 Å². The third-order valence-electron chi connectivity index (χ3n) is 4.87. The fourth-order valence-electron chi connectivity index (χ4n) is 3.24. The van der Waals surface area contributed by atoms with E-state index in [0.29, 0.717) is 31.9 Å². The van der Waals surface area contributed by atoms with Crippen molar-refractivity contribution in [1.82, 2.24) is 15.1 Å². The molecule has 0 fully saturated rings. The Hall–Kier alpha value is -3.61. The molecule has 7 nitrogen and oxygen atoms in total. The Labute approximate surface area is 182 Å². The highest BCUT2D eigenvalue weighted by Crippen LogP contribution is 2.23. The zero-order chi connectivity index (χ0) is 22.1. The third-order valence-corrected chi connectivity index (χ3v) is 4.87. The maximum absolute atomic E-state index is 12.3. The van der Waals surface area contributed by atoms with Crippen LogP contribution in [-0.4, -0.2) is 34.2 Å². The molecular weight excluding hydrogens is 392 g/mol. The molecule has 3 N–H and O–H groups in total. The van der Waals surface area contributed by atoms with Crippen molar-refractivity contribution in [3.05, 3.63) is 72.3 Å². The molecule has 0 aliphatic carbocycles. The van der Waals surface area contributed by atoms with E-state index in [0.717, 1.165) is 16.8 Å². The average molecular weight is 421 g/mol. The highest BCUT2D eigenvalue weighted by Gasteiger charge is 2.18. The van der Waals surface area contributed by atoms with E-state index in [4.69, 9.17) is 10.5 Å². The molecule has 0 saturated carbocycles. The predicted molar refractivity (Wildman–Crippen MR) is 119 cm³/mol. The molecule has 2 amide bonds. The Balaban J connectivity index is 1.48. The van der Waals surface area contributed by atoms with Gasteiger partial charge in [-0.25, -0.2) is 4.68 Å². The van der Waals surface area contributed by atoms with Crippen molar-refractivity contribution in [2.75, 3.05) is 6.61 Å². The Bertz CT molecular complexity index is 987. The molecule has 162 valence electrons. The number of primary amides is 1. The van der Waals surface area contributed by atoms with Crippen LogP contribution in [0.5, 0.6) is 5.88 Å². The molecular formula is C24H28N4O3. The number of hydrogen-bond donors (Lipinski definition) is 2. The quantitative estimate of drug-likeness (QED) is 0.466. The minimum Gasteiger partial charge on any atom is -0.478 e. The smallest absolute Gasteiger partial charge is 0.240 e. The Morgan fingerprint density at radius 1 is 1.10 bits per heavy atom. The Morgan fingerprint density at radius 2 is 1.77 bits per heavy atom. The van der Waals surface area contributed by atoms with E-state index < -0.39 is 11.9 Å². The van der Waals surface area contributed by atoms with Crippen molar-refractivity contribution < 1.29 is 14.3 Å². The van der Waals surface area contributed by atoms with Crippen LogP contribution in [0.3, 0.4) is 0 Å². The number of nitrogens with two attached hydrogens (primary N) is 1. The van der Waals surface area contributed by atoms with Crippen molar-refractivity contribution in [2.24, 2.45) is 5.73 Å². The zero-order valence-electron chi connectivity index (χ0n) is 17.7. The van der Waals surface area contributed by atoms with Gasteiger partial charge in [0.25, 0.3) is 0 Å². The normalized spacial score (nSPS) is 11.6. The summed E-state index contributed by atoms with van der Waals surface area (Å²) in [6.07, 6.45) is 1.12. The lowest BCUT2D eigenvalue weighted by atomic mass is 10.1. The minimum absolute atomic E-state index is 0.225. The zero-order valence-corrected chi connectivity index (χ0v) is 17.7. The maximum Gasteiger partial charge on any atom is 0.240 e. The fraction of sp³-hybridized carbons (Fsp3) is 0.292. The van der Waals surface area contributed by atoms with Crippen LogP contribution < -0.4 is 15.8 Å². The molecule has 0 saturated heterocycles. The van der Waals surface area contributed by atoms with Gasteiger partial charge in [0.15, 0.2) is 0 Å². The van der Waals surface area contributed by atoms with Crippen LogP contribution >= 0.6 is 0 Å². The lowest BCUT2D eigenvalue weighted by molar-refractivity contribution is -0.127. The molecule has 0 bridgehead atoms. The van der Waals surface area contributed by atoms with Gasteiger partial charge in [-0.05, 0) is 18.9 Å². The molecule has 1 aromatic heterocycles. The van der Waals surface area contributed by atoms with E-state index in [1.165, 1.54) is 0 Å². The summed E-state index contributed by atoms with van der Waals surface area (Å²) in [5, 5.41) is 7.30. The van der Waals surface area contributed by atoms with Gasteiger partial charge in [-0.3, -0.25) is 9.59 Å². The highest BCUT2D eigenvalue weighted by atomic mass is 16.5. The van der Waals surface area contributed by atoms with Gasteiger partial charge in [0.1, 0.15) is 6.04 Å². The second-order valence-corrected chi connectivity index (χ2v) is 7.21. The number of benzene rings is 2. The van der Waals surface area contributed by atoms with Crippen molar-refractivity contribution in [1.29, 1.82) is 0 Å². The molecule has 1 heterocycles. The lowest BCUT2D eigenvalue weighted by Gasteiger charge is -2.15. The van der Waals surface area contributed by atoms with E-state index in [2.05, 4.69) is 10.4 Å². The number of carbonyl (C=O) groups is 2. The summed E-state index contributed by atoms with van der Waals surface area (Å²) in [6, 6.07) is 20.5.